The largest absolute Gasteiger partial charge is 0.463 e. The zero-order valence-corrected chi connectivity index (χ0v) is 13.3. The van der Waals surface area contributed by atoms with Crippen LogP contribution >= 0.6 is 11.6 Å². The summed E-state index contributed by atoms with van der Waals surface area (Å²) in [5.74, 6) is 0.502. The molecule has 0 atom stereocenters. The van der Waals surface area contributed by atoms with E-state index < -0.39 is 0 Å². The lowest BCUT2D eigenvalue weighted by molar-refractivity contribution is 0.291. The van der Waals surface area contributed by atoms with Crippen LogP contribution in [0.1, 0.15) is 24.5 Å². The smallest absolute Gasteiger partial charge is 0.322 e. The van der Waals surface area contributed by atoms with Crippen LogP contribution in [0.25, 0.3) is 0 Å². The van der Waals surface area contributed by atoms with Crippen molar-refractivity contribution in [2.24, 2.45) is 0 Å². The van der Waals surface area contributed by atoms with Gasteiger partial charge in [0.25, 0.3) is 0 Å². The first-order valence-electron chi connectivity index (χ1n) is 6.89. The Hall–Kier alpha value is -1.88. The van der Waals surface area contributed by atoms with Crippen molar-refractivity contribution >= 4 is 17.5 Å². The zero-order chi connectivity index (χ0) is 15.2. The van der Waals surface area contributed by atoms with Crippen LogP contribution in [0.5, 0.6) is 6.01 Å². The van der Waals surface area contributed by atoms with E-state index in [2.05, 4.69) is 40.1 Å². The third kappa shape index (κ3) is 4.56. The van der Waals surface area contributed by atoms with Gasteiger partial charge in [0.1, 0.15) is 0 Å². The van der Waals surface area contributed by atoms with Gasteiger partial charge in [-0.2, -0.15) is 15.0 Å². The van der Waals surface area contributed by atoms with Crippen LogP contribution in [0, 0.1) is 6.92 Å². The van der Waals surface area contributed by atoms with E-state index >= 15 is 0 Å². The van der Waals surface area contributed by atoms with E-state index in [9.17, 15) is 0 Å². The monoisotopic (exact) mass is 306 g/mol. The molecular formula is C15H19ClN4O. The van der Waals surface area contributed by atoms with Gasteiger partial charge in [0.2, 0.25) is 11.2 Å². The van der Waals surface area contributed by atoms with Crippen molar-refractivity contribution in [2.75, 3.05) is 18.6 Å². The molecule has 0 radical (unpaired) electrons. The summed E-state index contributed by atoms with van der Waals surface area (Å²) in [5, 5.41) is 0.141. The fourth-order valence-electron chi connectivity index (χ4n) is 1.91. The number of ether oxygens (including phenoxy) is 1. The zero-order valence-electron chi connectivity index (χ0n) is 12.5. The number of anilines is 1. The Balaban J connectivity index is 2.14. The molecule has 112 valence electrons. The minimum Gasteiger partial charge on any atom is -0.463 e. The van der Waals surface area contributed by atoms with E-state index in [-0.39, 0.29) is 11.3 Å². The molecule has 0 fully saturated rings. The Morgan fingerprint density at radius 2 is 2.05 bits per heavy atom. The van der Waals surface area contributed by atoms with E-state index in [4.69, 9.17) is 16.3 Å². The molecule has 1 heterocycles. The highest BCUT2D eigenvalue weighted by Crippen LogP contribution is 2.16. The van der Waals surface area contributed by atoms with Crippen LogP contribution in [-0.2, 0) is 6.54 Å². The first kappa shape index (κ1) is 15.5. The second-order valence-electron chi connectivity index (χ2n) is 4.88. The highest BCUT2D eigenvalue weighted by molar-refractivity contribution is 6.28. The Morgan fingerprint density at radius 1 is 1.24 bits per heavy atom. The van der Waals surface area contributed by atoms with Gasteiger partial charge < -0.3 is 9.64 Å². The molecule has 1 aromatic carbocycles. The summed E-state index contributed by atoms with van der Waals surface area (Å²) >= 11 is 5.93. The molecule has 0 aliphatic rings. The van der Waals surface area contributed by atoms with Gasteiger partial charge in [-0.3, -0.25) is 0 Å². The number of hydrogen-bond donors (Lipinski definition) is 0. The number of nitrogens with zero attached hydrogens (tertiary/aromatic N) is 4. The summed E-state index contributed by atoms with van der Waals surface area (Å²) in [4.78, 5) is 14.3. The molecule has 0 aliphatic heterocycles. The van der Waals surface area contributed by atoms with Gasteiger partial charge in [-0.1, -0.05) is 36.8 Å². The predicted molar refractivity (Wildman–Crippen MR) is 83.9 cm³/mol. The molecule has 0 unspecified atom stereocenters. The van der Waals surface area contributed by atoms with Gasteiger partial charge >= 0.3 is 6.01 Å². The molecule has 0 spiro atoms. The summed E-state index contributed by atoms with van der Waals surface area (Å²) in [6, 6.07) is 8.58. The molecule has 5 nitrogen and oxygen atoms in total. The summed E-state index contributed by atoms with van der Waals surface area (Å²) in [5.41, 5.74) is 2.41. The van der Waals surface area contributed by atoms with Gasteiger partial charge in [0.15, 0.2) is 0 Å². The van der Waals surface area contributed by atoms with E-state index in [0.29, 0.717) is 19.1 Å². The van der Waals surface area contributed by atoms with E-state index in [1.807, 2.05) is 24.9 Å². The summed E-state index contributed by atoms with van der Waals surface area (Å²) < 4.78 is 5.42. The summed E-state index contributed by atoms with van der Waals surface area (Å²) in [6.45, 7) is 5.34. The van der Waals surface area contributed by atoms with Crippen LogP contribution < -0.4 is 9.64 Å². The SMILES string of the molecule is CCCOc1nc(Cl)nc(N(C)Cc2cccc(C)c2)n1. The van der Waals surface area contributed by atoms with Gasteiger partial charge in [0, 0.05) is 13.6 Å². The molecule has 21 heavy (non-hydrogen) atoms. The highest BCUT2D eigenvalue weighted by Gasteiger charge is 2.10. The van der Waals surface area contributed by atoms with Gasteiger partial charge in [-0.05, 0) is 30.5 Å². The number of halogens is 1. The lowest BCUT2D eigenvalue weighted by atomic mass is 10.1. The predicted octanol–water partition coefficient (Wildman–Crippen LogP) is 3.26. The second kappa shape index (κ2) is 7.22. The molecule has 0 bridgehead atoms. The summed E-state index contributed by atoms with van der Waals surface area (Å²) in [7, 11) is 1.91. The number of aromatic nitrogens is 3. The van der Waals surface area contributed by atoms with Gasteiger partial charge in [0.05, 0.1) is 6.61 Å². The standard InChI is InChI=1S/C15H19ClN4O/c1-4-8-21-15-18-13(16)17-14(19-15)20(3)10-12-7-5-6-11(2)9-12/h5-7,9H,4,8,10H2,1-3H3. The lowest BCUT2D eigenvalue weighted by Gasteiger charge is -2.17. The van der Waals surface area contributed by atoms with Crippen molar-refractivity contribution in [1.82, 2.24) is 15.0 Å². The highest BCUT2D eigenvalue weighted by atomic mass is 35.5. The number of rotatable bonds is 6. The van der Waals surface area contributed by atoms with Crippen molar-refractivity contribution in [3.8, 4) is 6.01 Å². The maximum Gasteiger partial charge on any atom is 0.322 e. The van der Waals surface area contributed by atoms with Crippen molar-refractivity contribution in [1.29, 1.82) is 0 Å². The van der Waals surface area contributed by atoms with Crippen LogP contribution in [0.3, 0.4) is 0 Å². The Labute approximate surface area is 130 Å². The minimum absolute atomic E-state index is 0.141. The third-order valence-corrected chi connectivity index (χ3v) is 3.02. The maximum absolute atomic E-state index is 5.93. The van der Waals surface area contributed by atoms with Crippen LogP contribution in [-0.4, -0.2) is 28.6 Å². The molecule has 0 amide bonds. The Bertz CT molecular complexity index is 606. The first-order chi connectivity index (χ1) is 10.1. The molecule has 2 aromatic rings. The van der Waals surface area contributed by atoms with Crippen molar-refractivity contribution in [2.45, 2.75) is 26.8 Å². The van der Waals surface area contributed by atoms with Crippen molar-refractivity contribution in [3.63, 3.8) is 0 Å². The molecule has 0 saturated heterocycles. The van der Waals surface area contributed by atoms with Crippen molar-refractivity contribution in [3.05, 3.63) is 40.7 Å². The van der Waals surface area contributed by atoms with Crippen LogP contribution in [0.15, 0.2) is 24.3 Å². The van der Waals surface area contributed by atoms with E-state index in [1.165, 1.54) is 11.1 Å². The fraction of sp³-hybridized carbons (Fsp3) is 0.400. The molecule has 0 saturated carbocycles. The van der Waals surface area contributed by atoms with Crippen LogP contribution in [0.4, 0.5) is 5.95 Å². The maximum atomic E-state index is 5.93. The second-order valence-corrected chi connectivity index (χ2v) is 5.22. The number of aryl methyl sites for hydroxylation is 1. The molecule has 1 aromatic heterocycles. The third-order valence-electron chi connectivity index (χ3n) is 2.85. The molecule has 0 aliphatic carbocycles. The van der Waals surface area contributed by atoms with Gasteiger partial charge in [-0.15, -0.1) is 0 Å². The molecular weight excluding hydrogens is 288 g/mol. The Morgan fingerprint density at radius 3 is 2.76 bits per heavy atom. The average Bonchev–Trinajstić information content (AvgIpc) is 2.44. The molecule has 2 rings (SSSR count). The van der Waals surface area contributed by atoms with Crippen LogP contribution in [0.2, 0.25) is 5.28 Å². The topological polar surface area (TPSA) is 51.1 Å². The quantitative estimate of drug-likeness (QED) is 0.820. The first-order valence-corrected chi connectivity index (χ1v) is 7.27. The fourth-order valence-corrected chi connectivity index (χ4v) is 2.05. The molecule has 0 N–H and O–H groups in total. The summed E-state index contributed by atoms with van der Waals surface area (Å²) in [6.07, 6.45) is 0.887. The minimum atomic E-state index is 0.141. The average molecular weight is 307 g/mol. The number of benzene rings is 1. The number of hydrogen-bond acceptors (Lipinski definition) is 5. The van der Waals surface area contributed by atoms with Gasteiger partial charge in [-0.25, -0.2) is 0 Å². The normalized spacial score (nSPS) is 10.5. The lowest BCUT2D eigenvalue weighted by Crippen LogP contribution is -2.20. The van der Waals surface area contributed by atoms with E-state index in [0.717, 1.165) is 6.42 Å². The molecule has 6 heteroatoms. The van der Waals surface area contributed by atoms with Crippen molar-refractivity contribution < 1.29 is 4.74 Å². The van der Waals surface area contributed by atoms with E-state index in [1.54, 1.807) is 0 Å². The Kier molecular flexibility index (Phi) is 5.33.